The van der Waals surface area contributed by atoms with Crippen LogP contribution in [0.4, 0.5) is 16.2 Å². The van der Waals surface area contributed by atoms with E-state index in [1.165, 1.54) is 4.90 Å². The summed E-state index contributed by atoms with van der Waals surface area (Å²) in [7, 11) is 0. The van der Waals surface area contributed by atoms with Crippen molar-refractivity contribution in [3.05, 3.63) is 94.5 Å². The summed E-state index contributed by atoms with van der Waals surface area (Å²) < 4.78 is 0. The van der Waals surface area contributed by atoms with Crippen LogP contribution < -0.4 is 26.5 Å². The zero-order valence-electron chi connectivity index (χ0n) is 25.6. The van der Waals surface area contributed by atoms with Crippen molar-refractivity contribution in [1.29, 1.82) is 0 Å². The second kappa shape index (κ2) is 11.5. The Morgan fingerprint density at radius 3 is 2.20 bits per heavy atom. The molecule has 3 aromatic carbocycles. The molecule has 1 unspecified atom stereocenters. The summed E-state index contributed by atoms with van der Waals surface area (Å²) in [5.74, 6) is -2.13. The van der Waals surface area contributed by atoms with E-state index in [2.05, 4.69) is 52.7 Å². The average Bonchev–Trinajstić information content (AvgIpc) is 3.51. The Morgan fingerprint density at radius 1 is 0.955 bits per heavy atom. The number of hydrogen-bond donors (Lipinski definition) is 4. The van der Waals surface area contributed by atoms with E-state index in [4.69, 9.17) is 0 Å². The fourth-order valence-electron chi connectivity index (χ4n) is 5.00. The Balaban J connectivity index is 1.38. The number of hydrazine groups is 1. The van der Waals surface area contributed by atoms with E-state index in [-0.39, 0.29) is 41.3 Å². The molecule has 2 heterocycles. The van der Waals surface area contributed by atoms with Gasteiger partial charge < -0.3 is 10.6 Å². The minimum atomic E-state index is -1.06. The van der Waals surface area contributed by atoms with Crippen molar-refractivity contribution in [3.8, 4) is 0 Å². The third-order valence-corrected chi connectivity index (χ3v) is 7.49. The van der Waals surface area contributed by atoms with Gasteiger partial charge >= 0.3 is 6.03 Å². The molecule has 228 valence electrons. The zero-order chi connectivity index (χ0) is 31.8. The van der Waals surface area contributed by atoms with Crippen LogP contribution in [0.5, 0.6) is 0 Å². The van der Waals surface area contributed by atoms with Gasteiger partial charge in [-0.25, -0.2) is 10.3 Å². The van der Waals surface area contributed by atoms with Crippen LogP contribution in [0.2, 0.25) is 0 Å². The number of imide groups is 1. The van der Waals surface area contributed by atoms with Crippen LogP contribution in [0.15, 0.2) is 77.1 Å². The van der Waals surface area contributed by atoms with Crippen molar-refractivity contribution in [2.45, 2.75) is 65.3 Å². The van der Waals surface area contributed by atoms with Gasteiger partial charge in [0.1, 0.15) is 0 Å². The quantitative estimate of drug-likeness (QED) is 0.279. The second-order valence-corrected chi connectivity index (χ2v) is 12.3. The molecule has 12 heteroatoms. The highest BCUT2D eigenvalue weighted by atomic mass is 16.2. The van der Waals surface area contributed by atoms with E-state index in [9.17, 15) is 19.2 Å². The molecule has 4 N–H and O–H groups in total. The molecule has 2 aliphatic rings. The summed E-state index contributed by atoms with van der Waals surface area (Å²) in [5.41, 5.74) is 9.13. The van der Waals surface area contributed by atoms with Crippen LogP contribution in [-0.2, 0) is 12.0 Å². The highest BCUT2D eigenvalue weighted by Crippen LogP contribution is 2.29. The number of nitrogens with zero attached hydrogens (tertiary/aromatic N) is 4. The summed E-state index contributed by atoms with van der Waals surface area (Å²) in [4.78, 5) is 55.0. The highest BCUT2D eigenvalue weighted by molar-refractivity contribution is 6.22. The third kappa shape index (κ3) is 6.16. The molecule has 44 heavy (non-hydrogen) atoms. The first-order chi connectivity index (χ1) is 20.8. The van der Waals surface area contributed by atoms with Crippen LogP contribution in [-0.4, -0.2) is 40.5 Å². The number of nitrogens with one attached hydrogen (secondary N) is 4. The Hall–Kier alpha value is -5.10. The minimum absolute atomic E-state index is 0.0667. The van der Waals surface area contributed by atoms with Gasteiger partial charge in [0.05, 0.1) is 17.7 Å². The Morgan fingerprint density at radius 2 is 1.61 bits per heavy atom. The number of amides is 5. The maximum Gasteiger partial charge on any atom is 0.326 e. The van der Waals surface area contributed by atoms with E-state index in [0.29, 0.717) is 22.5 Å². The number of carbonyl (C=O) groups excluding carboxylic acids is 4. The molecule has 12 nitrogen and oxygen atoms in total. The summed E-state index contributed by atoms with van der Waals surface area (Å²) >= 11 is 0. The number of rotatable bonds is 7. The number of hydrogen-bond acceptors (Lipinski definition) is 8. The number of carbonyl (C=O) groups is 4. The summed E-state index contributed by atoms with van der Waals surface area (Å²) in [6, 6.07) is 18.7. The Labute approximate surface area is 255 Å². The smallest absolute Gasteiger partial charge is 0.313 e. The lowest BCUT2D eigenvalue weighted by Crippen LogP contribution is -2.55. The molecule has 3 aromatic rings. The molecule has 0 aliphatic carbocycles. The van der Waals surface area contributed by atoms with Gasteiger partial charge in [0.25, 0.3) is 17.7 Å². The van der Waals surface area contributed by atoms with E-state index in [0.717, 1.165) is 11.1 Å². The molecule has 0 aromatic heterocycles. The van der Waals surface area contributed by atoms with Crippen LogP contribution in [0.1, 0.15) is 83.7 Å². The van der Waals surface area contributed by atoms with Crippen molar-refractivity contribution in [1.82, 2.24) is 21.2 Å². The molecule has 0 spiro atoms. The van der Waals surface area contributed by atoms with E-state index < -0.39 is 11.8 Å². The van der Waals surface area contributed by atoms with Crippen LogP contribution in [0, 0.1) is 0 Å². The van der Waals surface area contributed by atoms with Crippen molar-refractivity contribution < 1.29 is 19.2 Å². The summed E-state index contributed by atoms with van der Waals surface area (Å²) in [5, 5.41) is 13.2. The van der Waals surface area contributed by atoms with Gasteiger partial charge in [-0.2, -0.15) is 5.43 Å². The molecule has 0 fully saturated rings. The summed E-state index contributed by atoms with van der Waals surface area (Å²) in [6.07, 6.45) is 0. The fraction of sp³-hybridized carbons (Fsp3) is 0.312. The topological polar surface area (TPSA) is 148 Å². The molecule has 0 saturated carbocycles. The first-order valence-corrected chi connectivity index (χ1v) is 14.3. The predicted molar refractivity (Wildman–Crippen MR) is 166 cm³/mol. The van der Waals surface area contributed by atoms with Gasteiger partial charge in [-0.3, -0.25) is 24.2 Å². The van der Waals surface area contributed by atoms with E-state index in [1.807, 2.05) is 24.3 Å². The predicted octanol–water partition coefficient (Wildman–Crippen LogP) is 5.11. The molecule has 5 rings (SSSR count). The maximum atomic E-state index is 13.8. The molecule has 0 bridgehead atoms. The Kier molecular flexibility index (Phi) is 7.96. The molecular formula is C32H36N8O4. The van der Waals surface area contributed by atoms with Gasteiger partial charge in [0, 0.05) is 23.0 Å². The molecular weight excluding hydrogens is 560 g/mol. The monoisotopic (exact) mass is 596 g/mol. The largest absolute Gasteiger partial charge is 0.326 e. The third-order valence-electron chi connectivity index (χ3n) is 7.49. The van der Waals surface area contributed by atoms with Gasteiger partial charge in [-0.05, 0) is 79.8 Å². The second-order valence-electron chi connectivity index (χ2n) is 12.3. The number of fused-ring (bicyclic) bond motifs is 1. The van der Waals surface area contributed by atoms with Crippen LogP contribution >= 0.6 is 0 Å². The first-order valence-electron chi connectivity index (χ1n) is 14.3. The van der Waals surface area contributed by atoms with Gasteiger partial charge in [0.2, 0.25) is 5.79 Å². The van der Waals surface area contributed by atoms with E-state index >= 15 is 0 Å². The van der Waals surface area contributed by atoms with Crippen molar-refractivity contribution >= 4 is 35.1 Å². The van der Waals surface area contributed by atoms with E-state index in [1.54, 1.807) is 68.1 Å². The highest BCUT2D eigenvalue weighted by Gasteiger charge is 2.37. The van der Waals surface area contributed by atoms with Crippen molar-refractivity contribution in [2.75, 3.05) is 10.2 Å². The van der Waals surface area contributed by atoms with Gasteiger partial charge in [-0.15, -0.1) is 5.11 Å². The number of anilines is 2. The zero-order valence-corrected chi connectivity index (χ0v) is 25.6. The van der Waals surface area contributed by atoms with Crippen LogP contribution in [0.3, 0.4) is 0 Å². The van der Waals surface area contributed by atoms with Crippen LogP contribution in [0.25, 0.3) is 0 Å². The summed E-state index contributed by atoms with van der Waals surface area (Å²) in [6.45, 7) is 11.8. The number of benzene rings is 3. The van der Waals surface area contributed by atoms with Gasteiger partial charge in [0.15, 0.2) is 0 Å². The SMILES string of the molecule is CC(C)N1C(=O)c2ccc(NC(=O)N(Cc3ccc(C(=O)NC4(C)N=NNN4)cc3)c3ccc(C(C)(C)C)cc3)cc2C1=O. The lowest BCUT2D eigenvalue weighted by molar-refractivity contribution is 0.0608. The van der Waals surface area contributed by atoms with Crippen molar-refractivity contribution in [2.24, 2.45) is 10.3 Å². The lowest BCUT2D eigenvalue weighted by Gasteiger charge is -2.25. The maximum absolute atomic E-state index is 13.8. The molecule has 2 aliphatic heterocycles. The van der Waals surface area contributed by atoms with Crippen molar-refractivity contribution in [3.63, 3.8) is 0 Å². The Bertz CT molecular complexity index is 1640. The first kappa shape index (κ1) is 30.4. The lowest BCUT2D eigenvalue weighted by atomic mass is 9.87. The molecule has 5 amide bonds. The number of urea groups is 1. The molecule has 1 atom stereocenters. The average molecular weight is 597 g/mol. The minimum Gasteiger partial charge on any atom is -0.313 e. The molecule has 0 radical (unpaired) electrons. The normalized spacial score (nSPS) is 17.5. The van der Waals surface area contributed by atoms with Gasteiger partial charge in [-0.1, -0.05) is 50.3 Å². The fourth-order valence-corrected chi connectivity index (χ4v) is 5.00. The standard InChI is InChI=1S/C32H36N8O4/c1-19(2)40-28(42)25-16-13-23(17-26(25)29(40)43)33-30(44)39(24-14-11-22(12-15-24)31(3,4)5)18-20-7-9-21(10-8-20)27(41)34-32(6)35-37-38-36-32/h7-17,19H,18H2,1-6H3,(H,33,44)(H,34,41)(H,35,38)(H,36,37). The molecule has 0 saturated heterocycles.